The summed E-state index contributed by atoms with van der Waals surface area (Å²) in [6.45, 7) is 0. The minimum atomic E-state index is -5.65. The van der Waals surface area contributed by atoms with Crippen molar-refractivity contribution in [2.24, 2.45) is 0 Å². The Kier molecular flexibility index (Phi) is 7.10. The van der Waals surface area contributed by atoms with E-state index in [4.69, 9.17) is 9.79 Å². The van der Waals surface area contributed by atoms with E-state index in [1.54, 1.807) is 0 Å². The van der Waals surface area contributed by atoms with Crippen LogP contribution in [-0.2, 0) is 16.0 Å². The zero-order valence-corrected chi connectivity index (χ0v) is 14.8. The molecule has 132 valence electrons. The summed E-state index contributed by atoms with van der Waals surface area (Å²) < 4.78 is 73.8. The highest BCUT2D eigenvalue weighted by atomic mass is 79.9. The summed E-state index contributed by atoms with van der Waals surface area (Å²) in [4.78, 5) is 17.4. The molecular formula is C12H13BrF5O3PS. The summed E-state index contributed by atoms with van der Waals surface area (Å²) in [6, 6.07) is 3.44. The molecule has 0 aliphatic carbocycles. The maximum Gasteiger partial charge on any atom is 0.399 e. The summed E-state index contributed by atoms with van der Waals surface area (Å²) in [6.07, 6.45) is -5.11. The van der Waals surface area contributed by atoms with Gasteiger partial charge in [0.15, 0.2) is 0 Å². The van der Waals surface area contributed by atoms with Gasteiger partial charge in [0.1, 0.15) is 0 Å². The first-order valence-corrected chi connectivity index (χ1v) is 9.77. The highest BCUT2D eigenvalue weighted by Crippen LogP contribution is 2.60. The molecule has 1 rings (SSSR count). The van der Waals surface area contributed by atoms with E-state index in [-0.39, 0.29) is 16.6 Å². The highest BCUT2D eigenvalue weighted by Gasteiger charge is 2.51. The molecule has 0 radical (unpaired) electrons. The number of alkyl halides is 5. The van der Waals surface area contributed by atoms with Crippen molar-refractivity contribution in [1.82, 2.24) is 0 Å². The lowest BCUT2D eigenvalue weighted by molar-refractivity contribution is -0.134. The third-order valence-electron chi connectivity index (χ3n) is 2.74. The molecule has 0 fully saturated rings. The largest absolute Gasteiger partial charge is 0.399 e. The van der Waals surface area contributed by atoms with Gasteiger partial charge in [-0.3, -0.25) is 4.57 Å². The molecule has 0 atom stereocenters. The molecule has 0 amide bonds. The average molecular weight is 443 g/mol. The predicted octanol–water partition coefficient (Wildman–Crippen LogP) is 5.25. The van der Waals surface area contributed by atoms with Crippen LogP contribution in [0.3, 0.4) is 0 Å². The summed E-state index contributed by atoms with van der Waals surface area (Å²) >= 11 is 4.06. The lowest BCUT2D eigenvalue weighted by Crippen LogP contribution is -2.14. The summed E-state index contributed by atoms with van der Waals surface area (Å²) in [5.74, 6) is 0.565. The lowest BCUT2D eigenvalue weighted by atomic mass is 10.1. The first-order valence-electron chi connectivity index (χ1n) is 6.21. The number of benzene rings is 1. The van der Waals surface area contributed by atoms with Crippen molar-refractivity contribution in [3.63, 3.8) is 0 Å². The van der Waals surface area contributed by atoms with Gasteiger partial charge in [0, 0.05) is 22.2 Å². The Bertz CT molecular complexity index is 591. The molecule has 0 aromatic heterocycles. The molecule has 0 bridgehead atoms. The molecule has 0 aliphatic rings. The fourth-order valence-corrected chi connectivity index (χ4v) is 3.86. The van der Waals surface area contributed by atoms with Crippen molar-refractivity contribution in [2.75, 3.05) is 5.75 Å². The quantitative estimate of drug-likeness (QED) is 0.344. The number of rotatable bonds is 7. The van der Waals surface area contributed by atoms with Crippen LogP contribution in [0.1, 0.15) is 24.0 Å². The Labute approximate surface area is 141 Å². The maximum absolute atomic E-state index is 13.6. The monoisotopic (exact) mass is 442 g/mol. The minimum Gasteiger partial charge on any atom is -0.320 e. The van der Waals surface area contributed by atoms with E-state index in [9.17, 15) is 26.5 Å². The highest BCUT2D eigenvalue weighted by molar-refractivity contribution is 9.10. The van der Waals surface area contributed by atoms with E-state index in [2.05, 4.69) is 15.9 Å². The normalized spacial score (nSPS) is 13.4. The lowest BCUT2D eigenvalue weighted by Gasteiger charge is -2.19. The van der Waals surface area contributed by atoms with Gasteiger partial charge >= 0.3 is 19.4 Å². The topological polar surface area (TPSA) is 57.5 Å². The molecule has 1 aromatic rings. The van der Waals surface area contributed by atoms with Crippen LogP contribution in [0.25, 0.3) is 0 Å². The first-order chi connectivity index (χ1) is 10.3. The molecular weight excluding hydrogens is 430 g/mol. The second-order valence-corrected chi connectivity index (χ2v) is 8.28. The van der Waals surface area contributed by atoms with Crippen LogP contribution in [0.4, 0.5) is 22.0 Å². The zero-order valence-electron chi connectivity index (χ0n) is 11.5. The first kappa shape index (κ1) is 20.9. The van der Waals surface area contributed by atoms with Crippen LogP contribution in [-0.4, -0.2) is 21.7 Å². The number of halogens is 6. The van der Waals surface area contributed by atoms with Crippen molar-refractivity contribution in [3.8, 4) is 0 Å². The van der Waals surface area contributed by atoms with E-state index in [0.717, 1.165) is 6.07 Å². The summed E-state index contributed by atoms with van der Waals surface area (Å²) in [7, 11) is -5.65. The van der Waals surface area contributed by atoms with Crippen LogP contribution in [0.5, 0.6) is 0 Å². The van der Waals surface area contributed by atoms with Gasteiger partial charge < -0.3 is 9.79 Å². The Hall–Kier alpha value is -0.150. The SMILES string of the molecule is O=P(O)(O)C(F)(F)c1ccc(CSCCCC(F)(F)F)cc1Br. The van der Waals surface area contributed by atoms with Crippen molar-refractivity contribution in [3.05, 3.63) is 33.8 Å². The van der Waals surface area contributed by atoms with Gasteiger partial charge in [-0.25, -0.2) is 0 Å². The minimum absolute atomic E-state index is 0.0380. The summed E-state index contributed by atoms with van der Waals surface area (Å²) in [5, 5.41) is 0. The van der Waals surface area contributed by atoms with Crippen molar-refractivity contribution in [1.29, 1.82) is 0 Å². The standard InChI is InChI=1S/C12H13BrF5O3PS/c13-10-6-8(7-23-5-1-4-11(14,15)16)2-3-9(10)12(17,18)22(19,20)21/h2-3,6H,1,4-5,7H2,(H2,19,20,21). The summed E-state index contributed by atoms with van der Waals surface area (Å²) in [5.41, 5.74) is -4.60. The van der Waals surface area contributed by atoms with Gasteiger partial charge in [-0.15, -0.1) is 0 Å². The van der Waals surface area contributed by atoms with Gasteiger partial charge in [0.05, 0.1) is 0 Å². The Morgan fingerprint density at radius 1 is 1.17 bits per heavy atom. The van der Waals surface area contributed by atoms with E-state index >= 15 is 0 Å². The zero-order chi connectivity index (χ0) is 17.9. The fourth-order valence-electron chi connectivity index (χ4n) is 1.61. The van der Waals surface area contributed by atoms with Gasteiger partial charge in [-0.2, -0.15) is 33.7 Å². The molecule has 0 spiro atoms. The van der Waals surface area contributed by atoms with E-state index in [1.165, 1.54) is 23.9 Å². The number of thioether (sulfide) groups is 1. The molecule has 0 saturated heterocycles. The molecule has 0 heterocycles. The van der Waals surface area contributed by atoms with Crippen molar-refractivity contribution < 1.29 is 36.3 Å². The molecule has 2 N–H and O–H groups in total. The van der Waals surface area contributed by atoms with Gasteiger partial charge in [-0.1, -0.05) is 28.1 Å². The molecule has 23 heavy (non-hydrogen) atoms. The maximum atomic E-state index is 13.6. The molecule has 11 heteroatoms. The second-order valence-electron chi connectivity index (χ2n) is 4.67. The van der Waals surface area contributed by atoms with Crippen LogP contribution in [0, 0.1) is 0 Å². The fraction of sp³-hybridized carbons (Fsp3) is 0.500. The van der Waals surface area contributed by atoms with Gasteiger partial charge in [0.25, 0.3) is 0 Å². The number of hydrogen-bond donors (Lipinski definition) is 2. The molecule has 3 nitrogen and oxygen atoms in total. The predicted molar refractivity (Wildman–Crippen MR) is 81.5 cm³/mol. The Balaban J connectivity index is 2.66. The van der Waals surface area contributed by atoms with E-state index < -0.39 is 31.4 Å². The molecule has 0 aliphatic heterocycles. The molecule has 1 aromatic carbocycles. The van der Waals surface area contributed by atoms with Crippen LogP contribution in [0.15, 0.2) is 22.7 Å². The van der Waals surface area contributed by atoms with Gasteiger partial charge in [-0.05, 0) is 23.8 Å². The van der Waals surface area contributed by atoms with E-state index in [1.807, 2.05) is 0 Å². The van der Waals surface area contributed by atoms with Crippen molar-refractivity contribution >= 4 is 35.3 Å². The van der Waals surface area contributed by atoms with Gasteiger partial charge in [0.2, 0.25) is 0 Å². The molecule has 0 saturated carbocycles. The third kappa shape index (κ3) is 6.34. The van der Waals surface area contributed by atoms with Crippen LogP contribution in [0.2, 0.25) is 0 Å². The Morgan fingerprint density at radius 2 is 1.78 bits per heavy atom. The molecule has 0 unspecified atom stereocenters. The Morgan fingerprint density at radius 3 is 2.26 bits per heavy atom. The van der Waals surface area contributed by atoms with Crippen molar-refractivity contribution in [2.45, 2.75) is 30.4 Å². The van der Waals surface area contributed by atoms with Crippen LogP contribution >= 0.6 is 35.3 Å². The smallest absolute Gasteiger partial charge is 0.320 e. The third-order valence-corrected chi connectivity index (χ3v) is 5.48. The van der Waals surface area contributed by atoms with Crippen LogP contribution < -0.4 is 0 Å². The second kappa shape index (κ2) is 7.82. The van der Waals surface area contributed by atoms with E-state index in [0.29, 0.717) is 11.3 Å². The number of hydrogen-bond acceptors (Lipinski definition) is 2. The average Bonchev–Trinajstić information content (AvgIpc) is 2.35.